The van der Waals surface area contributed by atoms with Gasteiger partial charge in [-0.05, 0) is 0 Å². The summed E-state index contributed by atoms with van der Waals surface area (Å²) in [6.45, 7) is 1.68. The number of nitrogens with zero attached hydrogens (tertiary/aromatic N) is 1. The number of aromatic amines is 1. The van der Waals surface area contributed by atoms with Crippen LogP contribution in [0.25, 0.3) is 0 Å². The molecule has 148 valence electrons. The highest BCUT2D eigenvalue weighted by molar-refractivity contribution is 5.70. The van der Waals surface area contributed by atoms with Gasteiger partial charge in [-0.25, -0.2) is 4.79 Å². The average Bonchev–Trinajstić information content (AvgIpc) is 2.84. The van der Waals surface area contributed by atoms with E-state index in [1.807, 2.05) is 4.98 Å². The lowest BCUT2D eigenvalue weighted by Gasteiger charge is -2.23. The van der Waals surface area contributed by atoms with Gasteiger partial charge in [-0.15, -0.1) is 0 Å². The van der Waals surface area contributed by atoms with Gasteiger partial charge in [-0.2, -0.15) is 0 Å². The molecule has 2 heterocycles. The molecule has 27 heavy (non-hydrogen) atoms. The number of carbonyl (C=O) groups is 3. The molecule has 1 aromatic heterocycles. The van der Waals surface area contributed by atoms with Crippen LogP contribution in [0.4, 0.5) is 0 Å². The van der Waals surface area contributed by atoms with Crippen LogP contribution in [0.2, 0.25) is 0 Å². The summed E-state index contributed by atoms with van der Waals surface area (Å²) in [5.41, 5.74) is -1.55. The minimum atomic E-state index is -1.51. The van der Waals surface area contributed by atoms with Gasteiger partial charge in [0.1, 0.15) is 0 Å². The SMILES string of the molecule is CC(=O)O[C@@H]1[C@@H](OC(C)=O)[C@@H](OC(=O)CCO)O[C@@H]1n1ccc(=O)[nH]c1=O. The number of rotatable bonds is 6. The van der Waals surface area contributed by atoms with E-state index in [1.54, 1.807) is 0 Å². The lowest BCUT2D eigenvalue weighted by molar-refractivity contribution is -0.201. The lowest BCUT2D eigenvalue weighted by atomic mass is 10.2. The minimum Gasteiger partial charge on any atom is -0.453 e. The first-order chi connectivity index (χ1) is 12.7. The standard InChI is InChI=1S/C15H18N2O10/c1-7(19)24-11-12(25-8(2)20)14(26-10(22)4-6-18)27-13(11)17-5-3-9(21)16-15(17)23/h3,5,11-14,18H,4,6H2,1-2H3,(H,16,21,23)/t11-,12-,13+,14+/m1/s1. The molecule has 0 spiro atoms. The predicted molar refractivity (Wildman–Crippen MR) is 84.1 cm³/mol. The van der Waals surface area contributed by atoms with Gasteiger partial charge in [0.25, 0.3) is 5.56 Å². The third kappa shape index (κ3) is 5.01. The molecule has 4 atom stereocenters. The second kappa shape index (κ2) is 8.60. The maximum absolute atomic E-state index is 12.1. The van der Waals surface area contributed by atoms with Gasteiger partial charge in [0.05, 0.1) is 13.0 Å². The molecule has 0 aromatic carbocycles. The van der Waals surface area contributed by atoms with E-state index in [4.69, 9.17) is 24.1 Å². The molecule has 1 aromatic rings. The van der Waals surface area contributed by atoms with Gasteiger partial charge in [0, 0.05) is 26.1 Å². The Bertz CT molecular complexity index is 828. The van der Waals surface area contributed by atoms with Crippen LogP contribution in [-0.4, -0.2) is 57.7 Å². The van der Waals surface area contributed by atoms with Gasteiger partial charge >= 0.3 is 23.6 Å². The van der Waals surface area contributed by atoms with Crippen LogP contribution < -0.4 is 11.2 Å². The molecule has 1 saturated heterocycles. The fraction of sp³-hybridized carbons (Fsp3) is 0.533. The molecule has 0 unspecified atom stereocenters. The van der Waals surface area contributed by atoms with Crippen molar-refractivity contribution >= 4 is 17.9 Å². The van der Waals surface area contributed by atoms with E-state index in [2.05, 4.69) is 0 Å². The number of hydrogen-bond donors (Lipinski definition) is 2. The molecule has 12 nitrogen and oxygen atoms in total. The largest absolute Gasteiger partial charge is 0.453 e. The summed E-state index contributed by atoms with van der Waals surface area (Å²) in [4.78, 5) is 59.9. The normalized spacial score (nSPS) is 24.3. The monoisotopic (exact) mass is 386 g/mol. The second-order valence-corrected chi connectivity index (χ2v) is 5.52. The molecule has 0 radical (unpaired) electrons. The average molecular weight is 386 g/mol. The van der Waals surface area contributed by atoms with Crippen molar-refractivity contribution < 1.29 is 38.4 Å². The summed E-state index contributed by atoms with van der Waals surface area (Å²) in [5.74, 6) is -2.42. The van der Waals surface area contributed by atoms with Crippen LogP contribution >= 0.6 is 0 Å². The van der Waals surface area contributed by atoms with Gasteiger partial charge in [0.15, 0.2) is 12.3 Å². The summed E-state index contributed by atoms with van der Waals surface area (Å²) < 4.78 is 21.6. The number of H-pyrrole nitrogens is 1. The van der Waals surface area contributed by atoms with Crippen LogP contribution in [0.1, 0.15) is 26.5 Å². The highest BCUT2D eigenvalue weighted by Crippen LogP contribution is 2.34. The minimum absolute atomic E-state index is 0.353. The van der Waals surface area contributed by atoms with Crippen molar-refractivity contribution in [2.45, 2.75) is 45.0 Å². The molecule has 2 N–H and O–H groups in total. The van der Waals surface area contributed by atoms with E-state index in [0.29, 0.717) is 0 Å². The first-order valence-corrected chi connectivity index (χ1v) is 7.84. The third-order valence-electron chi connectivity index (χ3n) is 3.44. The van der Waals surface area contributed by atoms with Crippen molar-refractivity contribution in [1.29, 1.82) is 0 Å². The third-order valence-corrected chi connectivity index (χ3v) is 3.44. The highest BCUT2D eigenvalue weighted by Gasteiger charge is 2.52. The van der Waals surface area contributed by atoms with Gasteiger partial charge in [-0.1, -0.05) is 0 Å². The van der Waals surface area contributed by atoms with Crippen molar-refractivity contribution in [2.75, 3.05) is 6.61 Å². The van der Waals surface area contributed by atoms with Crippen molar-refractivity contribution in [3.05, 3.63) is 33.1 Å². The van der Waals surface area contributed by atoms with Crippen molar-refractivity contribution in [2.24, 2.45) is 0 Å². The summed E-state index contributed by atoms with van der Waals surface area (Å²) in [5, 5.41) is 8.81. The van der Waals surface area contributed by atoms with Crippen molar-refractivity contribution in [3.63, 3.8) is 0 Å². The van der Waals surface area contributed by atoms with Gasteiger partial charge in [0.2, 0.25) is 12.4 Å². The molecule has 12 heteroatoms. The van der Waals surface area contributed by atoms with Crippen LogP contribution in [0, 0.1) is 0 Å². The number of ether oxygens (including phenoxy) is 4. The zero-order valence-electron chi connectivity index (χ0n) is 14.4. The summed E-state index contributed by atoms with van der Waals surface area (Å²) in [7, 11) is 0. The number of aliphatic hydroxyl groups is 1. The Labute approximate surface area is 151 Å². The molecule has 0 aliphatic carbocycles. The topological polar surface area (TPSA) is 163 Å². The quantitative estimate of drug-likeness (QED) is 0.420. The van der Waals surface area contributed by atoms with Crippen molar-refractivity contribution in [1.82, 2.24) is 9.55 Å². The summed E-state index contributed by atoms with van der Waals surface area (Å²) >= 11 is 0. The maximum atomic E-state index is 12.1. The molecule has 0 amide bonds. The Balaban J connectivity index is 2.42. The zero-order valence-corrected chi connectivity index (χ0v) is 14.4. The molecular formula is C15H18N2O10. The maximum Gasteiger partial charge on any atom is 0.330 e. The van der Waals surface area contributed by atoms with Crippen LogP contribution in [0.3, 0.4) is 0 Å². The highest BCUT2D eigenvalue weighted by atomic mass is 16.8. The van der Waals surface area contributed by atoms with E-state index in [0.717, 1.165) is 30.7 Å². The summed E-state index contributed by atoms with van der Waals surface area (Å²) in [6.07, 6.45) is -4.85. The van der Waals surface area contributed by atoms with E-state index in [-0.39, 0.29) is 6.42 Å². The number of nitrogens with one attached hydrogen (secondary N) is 1. The first kappa shape index (κ1) is 20.3. The Hall–Kier alpha value is -2.99. The number of aromatic nitrogens is 2. The number of carbonyl (C=O) groups excluding carboxylic acids is 3. The molecule has 0 saturated carbocycles. The fourth-order valence-electron chi connectivity index (χ4n) is 2.47. The van der Waals surface area contributed by atoms with E-state index < -0.39 is 60.5 Å². The molecule has 2 rings (SSSR count). The zero-order chi connectivity index (χ0) is 20.1. The van der Waals surface area contributed by atoms with Gasteiger partial charge < -0.3 is 24.1 Å². The van der Waals surface area contributed by atoms with E-state index in [1.165, 1.54) is 0 Å². The Morgan fingerprint density at radius 1 is 1.15 bits per heavy atom. The van der Waals surface area contributed by atoms with Crippen LogP contribution in [0.15, 0.2) is 21.9 Å². The van der Waals surface area contributed by atoms with Crippen LogP contribution in [-0.2, 0) is 33.3 Å². The summed E-state index contributed by atoms with van der Waals surface area (Å²) in [6, 6.07) is 1.03. The van der Waals surface area contributed by atoms with Crippen molar-refractivity contribution in [3.8, 4) is 0 Å². The molecule has 1 fully saturated rings. The first-order valence-electron chi connectivity index (χ1n) is 7.84. The Kier molecular flexibility index (Phi) is 6.47. The fourth-order valence-corrected chi connectivity index (χ4v) is 2.47. The smallest absolute Gasteiger partial charge is 0.330 e. The molecule has 1 aliphatic heterocycles. The Morgan fingerprint density at radius 3 is 2.33 bits per heavy atom. The number of hydrogen-bond acceptors (Lipinski definition) is 10. The van der Waals surface area contributed by atoms with E-state index >= 15 is 0 Å². The second-order valence-electron chi connectivity index (χ2n) is 5.52. The van der Waals surface area contributed by atoms with E-state index in [9.17, 15) is 24.0 Å². The number of esters is 3. The predicted octanol–water partition coefficient (Wildman–Crippen LogP) is -1.82. The molecular weight excluding hydrogens is 368 g/mol. The lowest BCUT2D eigenvalue weighted by Crippen LogP contribution is -2.42. The van der Waals surface area contributed by atoms with Gasteiger partial charge in [-0.3, -0.25) is 28.7 Å². The van der Waals surface area contributed by atoms with Crippen LogP contribution in [0.5, 0.6) is 0 Å². The Morgan fingerprint density at radius 2 is 1.78 bits per heavy atom. The molecule has 1 aliphatic rings. The molecule has 0 bridgehead atoms. The number of aliphatic hydroxyl groups excluding tert-OH is 1.